The van der Waals surface area contributed by atoms with Crippen molar-refractivity contribution < 1.29 is 23.9 Å². The van der Waals surface area contributed by atoms with Crippen LogP contribution in [0.1, 0.15) is 75.5 Å². The molecule has 1 saturated heterocycles. The zero-order valence-corrected chi connectivity index (χ0v) is 33.2. The number of aliphatic imine (C=N–C) groups is 2. The minimum Gasteiger partial charge on any atom is -0.481 e. The van der Waals surface area contributed by atoms with Crippen molar-refractivity contribution in [2.24, 2.45) is 39.6 Å². The summed E-state index contributed by atoms with van der Waals surface area (Å²) in [4.78, 5) is 55.2. The number of likely N-dealkylation sites (tertiary alicyclic amines) is 1. The molecule has 6 atom stereocenters. The van der Waals surface area contributed by atoms with Crippen LogP contribution in [-0.2, 0) is 20.9 Å². The summed E-state index contributed by atoms with van der Waals surface area (Å²) in [7, 11) is 2.91. The zero-order chi connectivity index (χ0) is 39.6. The van der Waals surface area contributed by atoms with Gasteiger partial charge in [-0.05, 0) is 89.3 Å². The summed E-state index contributed by atoms with van der Waals surface area (Å²) in [6.07, 6.45) is 11.6. The van der Waals surface area contributed by atoms with E-state index in [4.69, 9.17) is 19.5 Å². The summed E-state index contributed by atoms with van der Waals surface area (Å²) in [6, 6.07) is 20.4. The highest BCUT2D eigenvalue weighted by molar-refractivity contribution is 6.04. The highest BCUT2D eigenvalue weighted by Gasteiger charge is 2.52. The van der Waals surface area contributed by atoms with E-state index in [2.05, 4.69) is 64.1 Å². The van der Waals surface area contributed by atoms with E-state index in [9.17, 15) is 14.4 Å². The second-order valence-electron chi connectivity index (χ2n) is 16.4. The Hall–Kier alpha value is -5.58. The predicted molar refractivity (Wildman–Crippen MR) is 221 cm³/mol. The maximum absolute atomic E-state index is 13.7. The number of fused-ring (bicyclic) bond motifs is 2. The number of aromatic nitrogens is 1. The van der Waals surface area contributed by atoms with E-state index < -0.39 is 12.1 Å². The van der Waals surface area contributed by atoms with Crippen LogP contribution in [0, 0.1) is 29.6 Å². The van der Waals surface area contributed by atoms with Gasteiger partial charge in [0.2, 0.25) is 17.7 Å². The Bertz CT molecular complexity index is 2140. The lowest BCUT2D eigenvalue weighted by molar-refractivity contribution is -0.134. The molecule has 11 nitrogen and oxygen atoms in total. The van der Waals surface area contributed by atoms with E-state index in [1.807, 2.05) is 43.3 Å². The minimum absolute atomic E-state index is 0.0534. The van der Waals surface area contributed by atoms with Crippen LogP contribution >= 0.6 is 0 Å². The molecule has 3 fully saturated rings. The number of pyridine rings is 1. The van der Waals surface area contributed by atoms with Gasteiger partial charge in [0.1, 0.15) is 6.04 Å². The molecular weight excluding hydrogens is 717 g/mol. The molecule has 0 radical (unpaired) electrons. The monoisotopic (exact) mass is 768 g/mol. The number of benzene rings is 2. The summed E-state index contributed by atoms with van der Waals surface area (Å²) < 4.78 is 10.2. The first kappa shape index (κ1) is 38.3. The Labute approximate surface area is 334 Å². The third kappa shape index (κ3) is 7.76. The number of nitrogens with one attached hydrogen (secondary N) is 2. The molecule has 3 aliphatic heterocycles. The summed E-state index contributed by atoms with van der Waals surface area (Å²) in [5.41, 5.74) is 9.88. The van der Waals surface area contributed by atoms with Gasteiger partial charge in [-0.2, -0.15) is 0 Å². The number of carbonyl (C=O) groups excluding carboxylic acids is 3. The topological polar surface area (TPSA) is 135 Å². The van der Waals surface area contributed by atoms with Crippen molar-refractivity contribution in [3.63, 3.8) is 0 Å². The lowest BCUT2D eigenvalue weighted by Crippen LogP contribution is -2.53. The number of alkyl carbamates (subject to hydrolysis) is 1. The van der Waals surface area contributed by atoms with Gasteiger partial charge in [-0.25, -0.2) is 9.78 Å². The SMILES string of the molecule is COC(=O)N[C@H](C(=O)N1CCC[C@H]1C1=NC=C(c2ccc(-c3ccc(C4=CN=C([C@@H]5C6CCC(C6)[C@H]5C(=O)NCc5cccnc5OC)C4)cc3)cc2)C1)C(C)C. The van der Waals surface area contributed by atoms with E-state index in [1.165, 1.54) is 19.1 Å². The second kappa shape index (κ2) is 16.5. The number of rotatable bonds is 12. The van der Waals surface area contributed by atoms with Crippen molar-refractivity contribution in [3.8, 4) is 17.0 Å². The average molecular weight is 769 g/mol. The van der Waals surface area contributed by atoms with Gasteiger partial charge in [-0.15, -0.1) is 0 Å². The number of carbonyl (C=O) groups is 3. The van der Waals surface area contributed by atoms with Crippen molar-refractivity contribution in [3.05, 3.63) is 96.0 Å². The average Bonchev–Trinajstić information content (AvgIpc) is 4.10. The molecule has 296 valence electrons. The van der Waals surface area contributed by atoms with Crippen LogP contribution in [0.3, 0.4) is 0 Å². The highest BCUT2D eigenvalue weighted by atomic mass is 16.5. The number of methoxy groups -OCH3 is 2. The molecule has 3 amide bonds. The fraction of sp³-hybridized carbons (Fsp3) is 0.435. The van der Waals surface area contributed by atoms with Crippen LogP contribution in [0.25, 0.3) is 22.3 Å². The highest BCUT2D eigenvalue weighted by Crippen LogP contribution is 2.54. The van der Waals surface area contributed by atoms with Gasteiger partial charge in [-0.1, -0.05) is 68.4 Å². The maximum Gasteiger partial charge on any atom is 0.407 e. The quantitative estimate of drug-likeness (QED) is 0.196. The number of hydrogen-bond acceptors (Lipinski definition) is 8. The summed E-state index contributed by atoms with van der Waals surface area (Å²) >= 11 is 0. The minimum atomic E-state index is -0.649. The van der Waals surface area contributed by atoms with E-state index in [0.717, 1.165) is 76.9 Å². The summed E-state index contributed by atoms with van der Waals surface area (Å²) in [5, 5.41) is 5.93. The van der Waals surface area contributed by atoms with Crippen molar-refractivity contribution in [2.45, 2.75) is 77.4 Å². The van der Waals surface area contributed by atoms with Gasteiger partial charge in [0.25, 0.3) is 0 Å². The van der Waals surface area contributed by atoms with E-state index in [0.29, 0.717) is 37.2 Å². The molecule has 2 saturated carbocycles. The third-order valence-corrected chi connectivity index (χ3v) is 12.8. The van der Waals surface area contributed by atoms with Crippen LogP contribution < -0.4 is 15.4 Å². The van der Waals surface area contributed by atoms with E-state index >= 15 is 0 Å². The van der Waals surface area contributed by atoms with Crippen LogP contribution in [0.2, 0.25) is 0 Å². The van der Waals surface area contributed by atoms with Crippen LogP contribution in [0.4, 0.5) is 4.79 Å². The summed E-state index contributed by atoms with van der Waals surface area (Å²) in [6.45, 7) is 4.90. The Balaban J connectivity index is 0.862. The number of nitrogens with zero attached hydrogens (tertiary/aromatic N) is 4. The van der Waals surface area contributed by atoms with Gasteiger partial charge >= 0.3 is 6.09 Å². The molecule has 1 aromatic heterocycles. The van der Waals surface area contributed by atoms with Crippen LogP contribution in [-0.4, -0.2) is 72.1 Å². The van der Waals surface area contributed by atoms with Gasteiger partial charge < -0.3 is 25.0 Å². The Morgan fingerprint density at radius 2 is 1.46 bits per heavy atom. The number of ether oxygens (including phenoxy) is 2. The maximum atomic E-state index is 13.7. The van der Waals surface area contributed by atoms with Crippen LogP contribution in [0.15, 0.2) is 89.2 Å². The predicted octanol–water partition coefficient (Wildman–Crippen LogP) is 7.48. The first-order valence-electron chi connectivity index (χ1n) is 20.3. The normalized spacial score (nSPS) is 24.2. The lowest BCUT2D eigenvalue weighted by atomic mass is 9.75. The van der Waals surface area contributed by atoms with Crippen molar-refractivity contribution in [1.29, 1.82) is 0 Å². The molecule has 4 heterocycles. The van der Waals surface area contributed by atoms with Gasteiger partial charge in [0.15, 0.2) is 0 Å². The Morgan fingerprint density at radius 3 is 2.11 bits per heavy atom. The van der Waals surface area contributed by atoms with Crippen LogP contribution in [0.5, 0.6) is 5.88 Å². The molecular formula is C46H52N6O5. The smallest absolute Gasteiger partial charge is 0.407 e. The first-order valence-corrected chi connectivity index (χ1v) is 20.3. The first-order chi connectivity index (χ1) is 27.7. The molecule has 2 N–H and O–H groups in total. The third-order valence-electron chi connectivity index (χ3n) is 12.8. The Morgan fingerprint density at radius 1 is 0.825 bits per heavy atom. The van der Waals surface area contributed by atoms with Crippen molar-refractivity contribution >= 4 is 40.5 Å². The fourth-order valence-electron chi connectivity index (χ4n) is 9.85. The second-order valence-corrected chi connectivity index (χ2v) is 16.4. The molecule has 2 aromatic carbocycles. The number of amides is 3. The van der Waals surface area contributed by atoms with Gasteiger partial charge in [-0.3, -0.25) is 19.6 Å². The molecule has 8 rings (SSSR count). The van der Waals surface area contributed by atoms with Crippen molar-refractivity contribution in [1.82, 2.24) is 20.5 Å². The number of hydrogen-bond donors (Lipinski definition) is 2. The molecule has 0 spiro atoms. The lowest BCUT2D eigenvalue weighted by Gasteiger charge is -2.31. The van der Waals surface area contributed by atoms with E-state index in [1.54, 1.807) is 13.3 Å². The number of allylic oxidation sites excluding steroid dienone is 2. The standard InChI is InChI=1S/C46H52N6O5/c1-27(2)42(51-46(55)57-4)45(54)52-20-6-8-39(52)37-22-35(25-48-37)30-13-9-28(10-14-30)29-11-15-31(16-12-29)36-23-38(49-26-36)40-32-17-18-33(21-32)41(40)43(53)50-24-34-7-5-19-47-44(34)56-3/h5,7,9-16,19,25-27,32-33,39-42H,6,8,17-18,20-24H2,1-4H3,(H,50,53)(H,51,55)/t32?,33?,39-,40-,41+,42-/m0/s1. The molecule has 2 bridgehead atoms. The van der Waals surface area contributed by atoms with Crippen molar-refractivity contribution in [2.75, 3.05) is 20.8 Å². The largest absolute Gasteiger partial charge is 0.481 e. The molecule has 5 aliphatic rings. The van der Waals surface area contributed by atoms with Gasteiger partial charge in [0, 0.05) is 73.4 Å². The summed E-state index contributed by atoms with van der Waals surface area (Å²) in [5.74, 6) is 1.53. The molecule has 11 heteroatoms. The zero-order valence-electron chi connectivity index (χ0n) is 33.2. The molecule has 2 aliphatic carbocycles. The molecule has 57 heavy (non-hydrogen) atoms. The fourth-order valence-corrected chi connectivity index (χ4v) is 9.85. The molecule has 3 aromatic rings. The van der Waals surface area contributed by atoms with E-state index in [-0.39, 0.29) is 35.6 Å². The van der Waals surface area contributed by atoms with Gasteiger partial charge in [0.05, 0.1) is 20.3 Å². The Kier molecular flexibility index (Phi) is 11.1. The molecule has 2 unspecified atom stereocenters.